The van der Waals surface area contributed by atoms with E-state index in [-0.39, 0.29) is 18.4 Å². The van der Waals surface area contributed by atoms with Crippen molar-refractivity contribution in [3.05, 3.63) is 18.2 Å². The van der Waals surface area contributed by atoms with Crippen molar-refractivity contribution >= 4 is 5.97 Å². The van der Waals surface area contributed by atoms with E-state index in [0.29, 0.717) is 5.82 Å². The Kier molecular flexibility index (Phi) is 3.24. The van der Waals surface area contributed by atoms with Gasteiger partial charge < -0.3 is 9.30 Å². The summed E-state index contributed by atoms with van der Waals surface area (Å²) in [5, 5.41) is 8.70. The van der Waals surface area contributed by atoms with Gasteiger partial charge in [-0.05, 0) is 6.92 Å². The van der Waals surface area contributed by atoms with Crippen LogP contribution in [0.25, 0.3) is 0 Å². The van der Waals surface area contributed by atoms with Gasteiger partial charge in [0.25, 0.3) is 0 Å². The molecule has 0 amide bonds. The maximum absolute atomic E-state index is 11.0. The Labute approximate surface area is 81.9 Å². The topological polar surface area (TPSA) is 67.9 Å². The lowest BCUT2D eigenvalue weighted by Gasteiger charge is -2.11. The van der Waals surface area contributed by atoms with Crippen LogP contribution < -0.4 is 0 Å². The van der Waals surface area contributed by atoms with Gasteiger partial charge in [-0.2, -0.15) is 5.26 Å². The summed E-state index contributed by atoms with van der Waals surface area (Å²) in [6, 6.07) is 1.84. The predicted octanol–water partition coefficient (Wildman–Crippen LogP) is 0.879. The van der Waals surface area contributed by atoms with E-state index in [2.05, 4.69) is 9.72 Å². The number of rotatable bonds is 3. The number of hydrogen-bond acceptors (Lipinski definition) is 4. The number of methoxy groups -OCH3 is 1. The third-order valence-electron chi connectivity index (χ3n) is 1.93. The van der Waals surface area contributed by atoms with E-state index < -0.39 is 0 Å². The highest BCUT2D eigenvalue weighted by Gasteiger charge is 2.13. The SMILES string of the molecule is COC(=O)CC(C)n1ccnc1C#N. The molecule has 0 fully saturated rings. The van der Waals surface area contributed by atoms with Gasteiger partial charge in [-0.15, -0.1) is 0 Å². The van der Waals surface area contributed by atoms with E-state index in [4.69, 9.17) is 5.26 Å². The molecule has 5 heteroatoms. The minimum Gasteiger partial charge on any atom is -0.469 e. The van der Waals surface area contributed by atoms with Crippen molar-refractivity contribution in [3.8, 4) is 6.07 Å². The highest BCUT2D eigenvalue weighted by molar-refractivity contribution is 5.69. The van der Waals surface area contributed by atoms with Crippen LogP contribution in [0.3, 0.4) is 0 Å². The second-order valence-corrected chi connectivity index (χ2v) is 2.90. The first-order chi connectivity index (χ1) is 6.69. The molecule has 1 aromatic rings. The smallest absolute Gasteiger partial charge is 0.307 e. The predicted molar refractivity (Wildman–Crippen MR) is 48.3 cm³/mol. The fraction of sp³-hybridized carbons (Fsp3) is 0.444. The number of carbonyl (C=O) groups excluding carboxylic acids is 1. The molecule has 1 heterocycles. The van der Waals surface area contributed by atoms with Crippen molar-refractivity contribution in [2.75, 3.05) is 7.11 Å². The number of aromatic nitrogens is 2. The van der Waals surface area contributed by atoms with Crippen molar-refractivity contribution in [3.63, 3.8) is 0 Å². The molecule has 1 atom stereocenters. The van der Waals surface area contributed by atoms with Crippen molar-refractivity contribution < 1.29 is 9.53 Å². The molecule has 0 N–H and O–H groups in total. The average molecular weight is 193 g/mol. The summed E-state index contributed by atoms with van der Waals surface area (Å²) >= 11 is 0. The van der Waals surface area contributed by atoms with Gasteiger partial charge in [-0.3, -0.25) is 4.79 Å². The summed E-state index contributed by atoms with van der Waals surface area (Å²) < 4.78 is 6.19. The first kappa shape index (κ1) is 10.3. The molecule has 0 aliphatic heterocycles. The molecule has 0 aromatic carbocycles. The fourth-order valence-corrected chi connectivity index (χ4v) is 1.18. The average Bonchev–Trinajstić information content (AvgIpc) is 2.65. The van der Waals surface area contributed by atoms with Crippen LogP contribution in [0.2, 0.25) is 0 Å². The van der Waals surface area contributed by atoms with Gasteiger partial charge in [0.15, 0.2) is 0 Å². The van der Waals surface area contributed by atoms with Crippen molar-refractivity contribution in [1.29, 1.82) is 5.26 Å². The van der Waals surface area contributed by atoms with Crippen molar-refractivity contribution in [2.45, 2.75) is 19.4 Å². The molecule has 0 saturated carbocycles. The monoisotopic (exact) mass is 193 g/mol. The summed E-state index contributed by atoms with van der Waals surface area (Å²) in [7, 11) is 1.34. The molecule has 0 aliphatic carbocycles. The second-order valence-electron chi connectivity index (χ2n) is 2.90. The molecule has 1 aromatic heterocycles. The summed E-state index contributed by atoms with van der Waals surface area (Å²) in [5.41, 5.74) is 0. The third-order valence-corrected chi connectivity index (χ3v) is 1.93. The lowest BCUT2D eigenvalue weighted by atomic mass is 10.2. The summed E-state index contributed by atoms with van der Waals surface area (Å²) in [4.78, 5) is 14.8. The van der Waals surface area contributed by atoms with E-state index in [1.807, 2.05) is 13.0 Å². The van der Waals surface area contributed by atoms with Crippen LogP contribution in [0.4, 0.5) is 0 Å². The van der Waals surface area contributed by atoms with Gasteiger partial charge in [0.2, 0.25) is 5.82 Å². The number of ether oxygens (including phenoxy) is 1. The van der Waals surface area contributed by atoms with Crippen LogP contribution in [0.1, 0.15) is 25.2 Å². The molecule has 14 heavy (non-hydrogen) atoms. The maximum atomic E-state index is 11.0. The van der Waals surface area contributed by atoms with E-state index in [0.717, 1.165) is 0 Å². The van der Waals surface area contributed by atoms with Crippen LogP contribution in [-0.4, -0.2) is 22.6 Å². The molecule has 0 saturated heterocycles. The quantitative estimate of drug-likeness (QED) is 0.668. The number of carbonyl (C=O) groups is 1. The van der Waals surface area contributed by atoms with E-state index >= 15 is 0 Å². The van der Waals surface area contributed by atoms with Crippen molar-refractivity contribution in [1.82, 2.24) is 9.55 Å². The van der Waals surface area contributed by atoms with Gasteiger partial charge in [0.1, 0.15) is 6.07 Å². The number of nitrogens with zero attached hydrogens (tertiary/aromatic N) is 3. The minimum absolute atomic E-state index is 0.111. The zero-order chi connectivity index (χ0) is 10.6. The molecule has 0 spiro atoms. The highest BCUT2D eigenvalue weighted by atomic mass is 16.5. The van der Waals surface area contributed by atoms with Crippen LogP contribution in [0.5, 0.6) is 0 Å². The van der Waals surface area contributed by atoms with Gasteiger partial charge >= 0.3 is 5.97 Å². The second kappa shape index (κ2) is 4.42. The number of imidazole rings is 1. The Morgan fingerprint density at radius 1 is 1.86 bits per heavy atom. The zero-order valence-corrected chi connectivity index (χ0v) is 8.10. The van der Waals surface area contributed by atoms with Crippen molar-refractivity contribution in [2.24, 2.45) is 0 Å². The summed E-state index contributed by atoms with van der Waals surface area (Å²) in [6.07, 6.45) is 3.44. The van der Waals surface area contributed by atoms with Gasteiger partial charge in [0, 0.05) is 18.4 Å². The van der Waals surface area contributed by atoms with Gasteiger partial charge in [-0.25, -0.2) is 4.98 Å². The Morgan fingerprint density at radius 2 is 2.57 bits per heavy atom. The van der Waals surface area contributed by atoms with Crippen LogP contribution in [0.15, 0.2) is 12.4 Å². The number of nitriles is 1. The van der Waals surface area contributed by atoms with Gasteiger partial charge in [-0.1, -0.05) is 0 Å². The number of hydrogen-bond donors (Lipinski definition) is 0. The Morgan fingerprint density at radius 3 is 3.14 bits per heavy atom. The van der Waals surface area contributed by atoms with Gasteiger partial charge in [0.05, 0.1) is 13.5 Å². The van der Waals surface area contributed by atoms with E-state index in [9.17, 15) is 4.79 Å². The highest BCUT2D eigenvalue weighted by Crippen LogP contribution is 2.12. The molecular weight excluding hydrogens is 182 g/mol. The molecular formula is C9H11N3O2. The fourth-order valence-electron chi connectivity index (χ4n) is 1.18. The molecule has 0 radical (unpaired) electrons. The minimum atomic E-state index is -0.296. The maximum Gasteiger partial charge on any atom is 0.307 e. The van der Waals surface area contributed by atoms with E-state index in [1.165, 1.54) is 13.3 Å². The lowest BCUT2D eigenvalue weighted by molar-refractivity contribution is -0.141. The third kappa shape index (κ3) is 2.10. The first-order valence-corrected chi connectivity index (χ1v) is 4.18. The largest absolute Gasteiger partial charge is 0.469 e. The Hall–Kier alpha value is -1.83. The molecule has 0 aliphatic rings. The molecule has 74 valence electrons. The molecule has 5 nitrogen and oxygen atoms in total. The lowest BCUT2D eigenvalue weighted by Crippen LogP contribution is -2.12. The Balaban J connectivity index is 2.75. The van der Waals surface area contributed by atoms with Crippen LogP contribution in [0, 0.1) is 11.3 Å². The standard InChI is InChI=1S/C9H11N3O2/c1-7(5-9(13)14-2)12-4-3-11-8(12)6-10/h3-4,7H,5H2,1-2H3. The van der Waals surface area contributed by atoms with E-state index in [1.54, 1.807) is 10.8 Å². The summed E-state index contributed by atoms with van der Waals surface area (Å²) in [5.74, 6) is 0.0106. The summed E-state index contributed by atoms with van der Waals surface area (Å²) in [6.45, 7) is 1.83. The van der Waals surface area contributed by atoms with Crippen LogP contribution >= 0.6 is 0 Å². The number of esters is 1. The normalized spacial score (nSPS) is 11.8. The first-order valence-electron chi connectivity index (χ1n) is 4.18. The molecule has 1 rings (SSSR count). The molecule has 0 bridgehead atoms. The zero-order valence-electron chi connectivity index (χ0n) is 8.10. The molecule has 1 unspecified atom stereocenters. The Bertz CT molecular complexity index is 364. The van der Waals surface area contributed by atoms with Crippen LogP contribution in [-0.2, 0) is 9.53 Å².